The van der Waals surface area contributed by atoms with Crippen molar-refractivity contribution in [3.05, 3.63) is 76.8 Å². The molecule has 0 unspecified atom stereocenters. The predicted molar refractivity (Wildman–Crippen MR) is 85.1 cm³/mol. The largest absolute Gasteiger partial charge is 0.488 e. The van der Waals surface area contributed by atoms with E-state index in [4.69, 9.17) is 4.74 Å². The molecule has 0 atom stereocenters. The molecule has 0 N–H and O–H groups in total. The lowest BCUT2D eigenvalue weighted by Crippen LogP contribution is -1.98. The molecule has 0 saturated carbocycles. The molecular formula is C17H15BrO. The number of rotatable bonds is 5. The van der Waals surface area contributed by atoms with Gasteiger partial charge in [-0.25, -0.2) is 0 Å². The zero-order chi connectivity index (χ0) is 13.7. The van der Waals surface area contributed by atoms with Crippen LogP contribution in [0.3, 0.4) is 0 Å². The Balaban J connectivity index is 2.26. The molecule has 0 radical (unpaired) electrons. The van der Waals surface area contributed by atoms with Crippen molar-refractivity contribution in [2.75, 3.05) is 0 Å². The molecule has 0 saturated heterocycles. The fourth-order valence-corrected chi connectivity index (χ4v) is 2.38. The van der Waals surface area contributed by atoms with Crippen LogP contribution < -0.4 is 4.74 Å². The minimum Gasteiger partial charge on any atom is -0.488 e. The second-order valence-electron chi connectivity index (χ2n) is 4.06. The van der Waals surface area contributed by atoms with Crippen molar-refractivity contribution >= 4 is 28.1 Å². The first-order valence-corrected chi connectivity index (χ1v) is 6.79. The summed E-state index contributed by atoms with van der Waals surface area (Å²) >= 11 is 3.50. The maximum absolute atomic E-state index is 5.87. The minimum atomic E-state index is 0.542. The summed E-state index contributed by atoms with van der Waals surface area (Å²) in [6, 6.07) is 14.0. The highest BCUT2D eigenvalue weighted by Gasteiger charge is 2.08. The maximum Gasteiger partial charge on any atom is 0.127 e. The van der Waals surface area contributed by atoms with E-state index in [0.29, 0.717) is 6.61 Å². The quantitative estimate of drug-likeness (QED) is 0.726. The molecule has 0 fully saturated rings. The minimum absolute atomic E-state index is 0.542. The van der Waals surface area contributed by atoms with Gasteiger partial charge in [-0.05, 0) is 23.3 Å². The molecule has 0 aliphatic rings. The first kappa shape index (κ1) is 13.6. The molecule has 19 heavy (non-hydrogen) atoms. The van der Waals surface area contributed by atoms with E-state index in [0.717, 1.165) is 26.9 Å². The highest BCUT2D eigenvalue weighted by atomic mass is 79.9. The molecule has 96 valence electrons. The fraction of sp³-hybridized carbons (Fsp3) is 0.0588. The van der Waals surface area contributed by atoms with Crippen LogP contribution in [0, 0.1) is 0 Å². The van der Waals surface area contributed by atoms with Crippen LogP contribution in [-0.2, 0) is 6.61 Å². The highest BCUT2D eigenvalue weighted by Crippen LogP contribution is 2.31. The van der Waals surface area contributed by atoms with Crippen LogP contribution in [-0.4, -0.2) is 0 Å². The lowest BCUT2D eigenvalue weighted by atomic mass is 10.1. The molecule has 0 aliphatic heterocycles. The third kappa shape index (κ3) is 3.15. The van der Waals surface area contributed by atoms with Gasteiger partial charge < -0.3 is 4.74 Å². The molecule has 0 aliphatic carbocycles. The third-order valence-electron chi connectivity index (χ3n) is 2.84. The van der Waals surface area contributed by atoms with Gasteiger partial charge in [-0.2, -0.15) is 0 Å². The molecule has 0 amide bonds. The Hall–Kier alpha value is -1.80. The smallest absolute Gasteiger partial charge is 0.127 e. The Morgan fingerprint density at radius 3 is 2.26 bits per heavy atom. The summed E-state index contributed by atoms with van der Waals surface area (Å²) in [7, 11) is 0. The first-order chi connectivity index (χ1) is 9.26. The van der Waals surface area contributed by atoms with Crippen molar-refractivity contribution in [2.45, 2.75) is 6.61 Å². The van der Waals surface area contributed by atoms with Crippen LogP contribution in [0.25, 0.3) is 12.2 Å². The Labute approximate surface area is 122 Å². The summed E-state index contributed by atoms with van der Waals surface area (Å²) in [6.07, 6.45) is 3.60. The van der Waals surface area contributed by atoms with E-state index >= 15 is 0 Å². The van der Waals surface area contributed by atoms with Crippen molar-refractivity contribution in [3.8, 4) is 5.75 Å². The number of benzene rings is 2. The number of ether oxygens (including phenoxy) is 1. The molecule has 0 heterocycles. The van der Waals surface area contributed by atoms with E-state index in [9.17, 15) is 0 Å². The van der Waals surface area contributed by atoms with Crippen molar-refractivity contribution in [1.82, 2.24) is 0 Å². The number of halogens is 1. The van der Waals surface area contributed by atoms with Crippen molar-refractivity contribution < 1.29 is 4.74 Å². The van der Waals surface area contributed by atoms with Gasteiger partial charge in [0.1, 0.15) is 12.4 Å². The standard InChI is InChI=1S/C17H15BrO/c1-3-14-15(4-2)17(11-10-16(14)18)19-12-13-8-6-5-7-9-13/h3-11H,1-2,12H2. The van der Waals surface area contributed by atoms with Gasteiger partial charge >= 0.3 is 0 Å². The Kier molecular flexibility index (Phi) is 4.58. The number of hydrogen-bond acceptors (Lipinski definition) is 1. The van der Waals surface area contributed by atoms with E-state index < -0.39 is 0 Å². The summed E-state index contributed by atoms with van der Waals surface area (Å²) in [5, 5.41) is 0. The molecule has 0 spiro atoms. The number of hydrogen-bond donors (Lipinski definition) is 0. The average molecular weight is 315 g/mol. The molecule has 0 aromatic heterocycles. The zero-order valence-electron chi connectivity index (χ0n) is 10.6. The normalized spacial score (nSPS) is 9.95. The molecule has 0 bridgehead atoms. The predicted octanol–water partition coefficient (Wildman–Crippen LogP) is 5.31. The van der Waals surface area contributed by atoms with Crippen LogP contribution in [0.15, 0.2) is 60.1 Å². The lowest BCUT2D eigenvalue weighted by Gasteiger charge is -2.13. The van der Waals surface area contributed by atoms with Crippen molar-refractivity contribution in [1.29, 1.82) is 0 Å². The van der Waals surface area contributed by atoms with E-state index in [-0.39, 0.29) is 0 Å². The zero-order valence-corrected chi connectivity index (χ0v) is 12.2. The molecule has 2 aromatic carbocycles. The highest BCUT2D eigenvalue weighted by molar-refractivity contribution is 9.10. The summed E-state index contributed by atoms with van der Waals surface area (Å²) in [6.45, 7) is 8.22. The van der Waals surface area contributed by atoms with E-state index in [1.54, 1.807) is 12.2 Å². The Morgan fingerprint density at radius 1 is 0.947 bits per heavy atom. The maximum atomic E-state index is 5.87. The van der Waals surface area contributed by atoms with Crippen molar-refractivity contribution in [2.24, 2.45) is 0 Å². The summed E-state index contributed by atoms with van der Waals surface area (Å²) in [5.74, 6) is 0.817. The van der Waals surface area contributed by atoms with E-state index in [1.807, 2.05) is 42.5 Å². The summed E-state index contributed by atoms with van der Waals surface area (Å²) < 4.78 is 6.86. The van der Waals surface area contributed by atoms with Gasteiger partial charge in [0.05, 0.1) is 0 Å². The average Bonchev–Trinajstić information content (AvgIpc) is 2.46. The van der Waals surface area contributed by atoms with Crippen LogP contribution in [0.5, 0.6) is 5.75 Å². The van der Waals surface area contributed by atoms with Crippen LogP contribution in [0.2, 0.25) is 0 Å². The second-order valence-corrected chi connectivity index (χ2v) is 4.91. The third-order valence-corrected chi connectivity index (χ3v) is 3.53. The van der Waals surface area contributed by atoms with Gasteiger partial charge in [-0.1, -0.05) is 71.6 Å². The Morgan fingerprint density at radius 2 is 1.63 bits per heavy atom. The Bertz CT molecular complexity index is 588. The molecule has 1 nitrogen and oxygen atoms in total. The molecule has 2 heteroatoms. The first-order valence-electron chi connectivity index (χ1n) is 6.00. The van der Waals surface area contributed by atoms with Crippen LogP contribution in [0.1, 0.15) is 16.7 Å². The van der Waals surface area contributed by atoms with E-state index in [2.05, 4.69) is 29.1 Å². The van der Waals surface area contributed by atoms with E-state index in [1.165, 1.54) is 0 Å². The van der Waals surface area contributed by atoms with Gasteiger partial charge in [0.2, 0.25) is 0 Å². The van der Waals surface area contributed by atoms with Crippen molar-refractivity contribution in [3.63, 3.8) is 0 Å². The molecular weight excluding hydrogens is 300 g/mol. The van der Waals surface area contributed by atoms with Gasteiger partial charge in [0, 0.05) is 10.0 Å². The second kappa shape index (κ2) is 6.39. The van der Waals surface area contributed by atoms with Crippen LogP contribution in [0.4, 0.5) is 0 Å². The summed E-state index contributed by atoms with van der Waals surface area (Å²) in [4.78, 5) is 0. The topological polar surface area (TPSA) is 9.23 Å². The van der Waals surface area contributed by atoms with Gasteiger partial charge in [0.25, 0.3) is 0 Å². The van der Waals surface area contributed by atoms with Crippen LogP contribution >= 0.6 is 15.9 Å². The lowest BCUT2D eigenvalue weighted by molar-refractivity contribution is 0.305. The SMILES string of the molecule is C=Cc1c(Br)ccc(OCc2ccccc2)c1C=C. The molecule has 2 rings (SSSR count). The summed E-state index contributed by atoms with van der Waals surface area (Å²) in [5.41, 5.74) is 3.10. The van der Waals surface area contributed by atoms with Gasteiger partial charge in [-0.15, -0.1) is 0 Å². The monoisotopic (exact) mass is 314 g/mol. The fourth-order valence-electron chi connectivity index (χ4n) is 1.87. The van der Waals surface area contributed by atoms with Gasteiger partial charge in [0.15, 0.2) is 0 Å². The van der Waals surface area contributed by atoms with Gasteiger partial charge in [-0.3, -0.25) is 0 Å². The molecule has 2 aromatic rings.